The zero-order valence-electron chi connectivity index (χ0n) is 17.8. The van der Waals surface area contributed by atoms with Gasteiger partial charge in [-0.3, -0.25) is 14.6 Å². The third-order valence-electron chi connectivity index (χ3n) is 5.51. The monoisotopic (exact) mass is 392 g/mol. The van der Waals surface area contributed by atoms with E-state index in [0.29, 0.717) is 18.6 Å². The molecule has 2 aliphatic heterocycles. The highest BCUT2D eigenvalue weighted by atomic mass is 16.5. The van der Waals surface area contributed by atoms with E-state index in [1.54, 1.807) is 0 Å². The van der Waals surface area contributed by atoms with Crippen LogP contribution in [0.1, 0.15) is 32.4 Å². The minimum atomic E-state index is 0.0337. The number of aliphatic imine (C=N–C) groups is 1. The largest absolute Gasteiger partial charge is 0.379 e. The Hall–Kier alpha value is -1.64. The van der Waals surface area contributed by atoms with E-state index in [4.69, 9.17) is 14.5 Å². The van der Waals surface area contributed by atoms with Crippen LogP contribution in [0, 0.1) is 5.92 Å². The van der Waals surface area contributed by atoms with Gasteiger partial charge in [-0.1, -0.05) is 13.8 Å². The van der Waals surface area contributed by atoms with Crippen LogP contribution in [0.5, 0.6) is 0 Å². The van der Waals surface area contributed by atoms with Gasteiger partial charge in [0.05, 0.1) is 39.1 Å². The van der Waals surface area contributed by atoms with Gasteiger partial charge >= 0.3 is 0 Å². The molecule has 1 N–H and O–H groups in total. The molecule has 0 radical (unpaired) electrons. The number of hydrogen-bond donors (Lipinski definition) is 1. The molecule has 1 aromatic heterocycles. The van der Waals surface area contributed by atoms with E-state index in [2.05, 4.69) is 41.0 Å². The average Bonchev–Trinajstić information content (AvgIpc) is 3.14. The summed E-state index contributed by atoms with van der Waals surface area (Å²) in [6.07, 6.45) is 3.96. The second-order valence-corrected chi connectivity index (χ2v) is 7.91. The van der Waals surface area contributed by atoms with E-state index in [1.165, 1.54) is 0 Å². The van der Waals surface area contributed by atoms with Crippen LogP contribution in [-0.2, 0) is 16.5 Å². The molecule has 0 aromatic carbocycles. The first kappa shape index (κ1) is 21.1. The average molecular weight is 393 g/mol. The molecule has 0 bridgehead atoms. The minimum Gasteiger partial charge on any atom is -0.379 e. The van der Waals surface area contributed by atoms with Gasteiger partial charge in [-0.15, -0.1) is 0 Å². The fourth-order valence-corrected chi connectivity index (χ4v) is 3.91. The van der Waals surface area contributed by atoms with Gasteiger partial charge in [-0.05, 0) is 12.8 Å². The van der Waals surface area contributed by atoms with Crippen LogP contribution in [0.3, 0.4) is 0 Å². The fraction of sp³-hybridized carbons (Fsp3) is 0.800. The highest BCUT2D eigenvalue weighted by molar-refractivity contribution is 5.80. The lowest BCUT2D eigenvalue weighted by Crippen LogP contribution is -2.50. The van der Waals surface area contributed by atoms with Crippen LogP contribution in [0.25, 0.3) is 0 Å². The Labute approximate surface area is 168 Å². The zero-order valence-corrected chi connectivity index (χ0v) is 17.8. The van der Waals surface area contributed by atoms with Crippen molar-refractivity contribution in [2.45, 2.75) is 32.9 Å². The Bertz CT molecular complexity index is 626. The van der Waals surface area contributed by atoms with Crippen LogP contribution < -0.4 is 5.32 Å². The van der Waals surface area contributed by atoms with Crippen LogP contribution in [0.2, 0.25) is 0 Å². The highest BCUT2D eigenvalue weighted by Crippen LogP contribution is 2.22. The predicted molar refractivity (Wildman–Crippen MR) is 110 cm³/mol. The highest BCUT2D eigenvalue weighted by Gasteiger charge is 2.27. The van der Waals surface area contributed by atoms with Crippen molar-refractivity contribution in [2.24, 2.45) is 18.0 Å². The lowest BCUT2D eigenvalue weighted by molar-refractivity contribution is -0.00839. The van der Waals surface area contributed by atoms with Gasteiger partial charge in [0.25, 0.3) is 0 Å². The van der Waals surface area contributed by atoms with Gasteiger partial charge in [-0.25, -0.2) is 0 Å². The zero-order chi connectivity index (χ0) is 19.9. The molecule has 3 rings (SSSR count). The molecule has 2 fully saturated rings. The molecule has 28 heavy (non-hydrogen) atoms. The summed E-state index contributed by atoms with van der Waals surface area (Å²) in [5.74, 6) is 1.54. The Morgan fingerprint density at radius 3 is 2.71 bits per heavy atom. The maximum atomic E-state index is 5.99. The number of nitrogens with zero attached hydrogens (tertiary/aromatic N) is 5. The molecule has 0 saturated carbocycles. The van der Waals surface area contributed by atoms with E-state index in [1.807, 2.05) is 24.1 Å². The lowest BCUT2D eigenvalue weighted by atomic mass is 10.0. The van der Waals surface area contributed by atoms with Crippen molar-refractivity contribution in [1.82, 2.24) is 24.9 Å². The number of guanidine groups is 1. The molecule has 8 heteroatoms. The molecule has 3 heterocycles. The summed E-state index contributed by atoms with van der Waals surface area (Å²) in [5.41, 5.74) is 1.12. The van der Waals surface area contributed by atoms with Crippen molar-refractivity contribution in [3.8, 4) is 0 Å². The van der Waals surface area contributed by atoms with Crippen molar-refractivity contribution in [3.05, 3.63) is 18.0 Å². The van der Waals surface area contributed by atoms with Crippen molar-refractivity contribution in [2.75, 3.05) is 59.1 Å². The van der Waals surface area contributed by atoms with Crippen LogP contribution >= 0.6 is 0 Å². The molecule has 2 atom stereocenters. The molecule has 0 aliphatic carbocycles. The molecule has 8 nitrogen and oxygen atoms in total. The second kappa shape index (κ2) is 10.2. The third-order valence-corrected chi connectivity index (χ3v) is 5.51. The maximum absolute atomic E-state index is 5.99. The van der Waals surface area contributed by atoms with Crippen molar-refractivity contribution in [1.29, 1.82) is 0 Å². The number of aryl methyl sites for hydroxylation is 1. The first-order chi connectivity index (χ1) is 13.6. The molecular formula is C20H36N6O2. The number of rotatable bonds is 6. The summed E-state index contributed by atoms with van der Waals surface area (Å²) in [6, 6.07) is 0.438. The Kier molecular flexibility index (Phi) is 7.70. The Morgan fingerprint density at radius 1 is 1.29 bits per heavy atom. The lowest BCUT2D eigenvalue weighted by Gasteiger charge is -2.37. The first-order valence-electron chi connectivity index (χ1n) is 10.5. The minimum absolute atomic E-state index is 0.0337. The van der Waals surface area contributed by atoms with Gasteiger partial charge in [0.15, 0.2) is 5.96 Å². The Balaban J connectivity index is 1.68. The Morgan fingerprint density at radius 2 is 2.07 bits per heavy atom. The molecular weight excluding hydrogens is 356 g/mol. The van der Waals surface area contributed by atoms with Gasteiger partial charge in [0, 0.05) is 51.0 Å². The molecule has 2 aliphatic rings. The normalized spacial score (nSPS) is 23.2. The van der Waals surface area contributed by atoms with Gasteiger partial charge < -0.3 is 19.7 Å². The van der Waals surface area contributed by atoms with E-state index in [0.717, 1.165) is 64.0 Å². The van der Waals surface area contributed by atoms with Crippen LogP contribution in [0.4, 0.5) is 0 Å². The number of hydrogen-bond acceptors (Lipinski definition) is 5. The SMILES string of the molecule is CCNC(=NCC(C(C)C)N1CCOCC1)N1CCOC(c2cnn(C)c2)C1. The van der Waals surface area contributed by atoms with E-state index < -0.39 is 0 Å². The third kappa shape index (κ3) is 5.46. The first-order valence-corrected chi connectivity index (χ1v) is 10.5. The topological polar surface area (TPSA) is 67.2 Å². The summed E-state index contributed by atoms with van der Waals surface area (Å²) in [5, 5.41) is 7.77. The molecule has 0 amide bonds. The summed E-state index contributed by atoms with van der Waals surface area (Å²) in [7, 11) is 1.94. The summed E-state index contributed by atoms with van der Waals surface area (Å²) in [4.78, 5) is 9.89. The predicted octanol–water partition coefficient (Wildman–Crippen LogP) is 1.12. The molecule has 2 unspecified atom stereocenters. The summed E-state index contributed by atoms with van der Waals surface area (Å²) >= 11 is 0. The fourth-order valence-electron chi connectivity index (χ4n) is 3.91. The molecule has 0 spiro atoms. The van der Waals surface area contributed by atoms with Gasteiger partial charge in [0.1, 0.15) is 6.10 Å². The van der Waals surface area contributed by atoms with E-state index >= 15 is 0 Å². The smallest absolute Gasteiger partial charge is 0.194 e. The summed E-state index contributed by atoms with van der Waals surface area (Å²) in [6.45, 7) is 14.3. The quantitative estimate of drug-likeness (QED) is 0.578. The van der Waals surface area contributed by atoms with Crippen molar-refractivity contribution < 1.29 is 9.47 Å². The van der Waals surface area contributed by atoms with E-state index in [-0.39, 0.29) is 6.10 Å². The number of aromatic nitrogens is 2. The van der Waals surface area contributed by atoms with Crippen molar-refractivity contribution in [3.63, 3.8) is 0 Å². The molecule has 158 valence electrons. The number of nitrogens with one attached hydrogen (secondary N) is 1. The van der Waals surface area contributed by atoms with Crippen LogP contribution in [0.15, 0.2) is 17.4 Å². The standard InChI is InChI=1S/C20H36N6O2/c1-5-21-20(22-13-18(16(2)3)25-6-9-27-10-7-25)26-8-11-28-19(15-26)17-12-23-24(4)14-17/h12,14,16,18-19H,5-11,13,15H2,1-4H3,(H,21,22). The van der Waals surface area contributed by atoms with Gasteiger partial charge in [-0.2, -0.15) is 5.10 Å². The number of morpholine rings is 2. The maximum Gasteiger partial charge on any atom is 0.194 e. The molecule has 2 saturated heterocycles. The van der Waals surface area contributed by atoms with Crippen LogP contribution in [-0.4, -0.2) is 90.7 Å². The summed E-state index contributed by atoms with van der Waals surface area (Å²) < 4.78 is 13.3. The van der Waals surface area contributed by atoms with Gasteiger partial charge in [0.2, 0.25) is 0 Å². The van der Waals surface area contributed by atoms with E-state index in [9.17, 15) is 0 Å². The second-order valence-electron chi connectivity index (χ2n) is 7.91. The number of ether oxygens (including phenoxy) is 2. The van der Waals surface area contributed by atoms with Crippen molar-refractivity contribution >= 4 is 5.96 Å². The molecule has 1 aromatic rings.